The SMILES string of the molecule is C=C(C)CC(NN)C(C)Oc1cccc(Cl)c1. The lowest BCUT2D eigenvalue weighted by molar-refractivity contribution is 0.169. The Hall–Kier alpha value is -1.03. The first kappa shape index (κ1) is 14.0. The number of hydrogen-bond acceptors (Lipinski definition) is 3. The average molecular weight is 255 g/mol. The Morgan fingerprint density at radius 3 is 2.82 bits per heavy atom. The van der Waals surface area contributed by atoms with Crippen LogP contribution in [0.15, 0.2) is 36.4 Å². The summed E-state index contributed by atoms with van der Waals surface area (Å²) < 4.78 is 5.78. The van der Waals surface area contributed by atoms with Gasteiger partial charge in [-0.15, -0.1) is 6.58 Å². The smallest absolute Gasteiger partial charge is 0.121 e. The second-order valence-electron chi connectivity index (χ2n) is 4.21. The monoisotopic (exact) mass is 254 g/mol. The molecule has 1 aromatic carbocycles. The zero-order valence-corrected chi connectivity index (χ0v) is 11.0. The van der Waals surface area contributed by atoms with Crippen molar-refractivity contribution in [1.82, 2.24) is 5.43 Å². The van der Waals surface area contributed by atoms with Crippen molar-refractivity contribution >= 4 is 11.6 Å². The fourth-order valence-corrected chi connectivity index (χ4v) is 1.75. The van der Waals surface area contributed by atoms with Gasteiger partial charge in [-0.3, -0.25) is 11.3 Å². The van der Waals surface area contributed by atoms with E-state index in [1.54, 1.807) is 6.07 Å². The van der Waals surface area contributed by atoms with E-state index in [1.807, 2.05) is 32.0 Å². The van der Waals surface area contributed by atoms with E-state index in [0.29, 0.717) is 5.02 Å². The van der Waals surface area contributed by atoms with E-state index in [4.69, 9.17) is 22.2 Å². The summed E-state index contributed by atoms with van der Waals surface area (Å²) >= 11 is 5.89. The summed E-state index contributed by atoms with van der Waals surface area (Å²) in [6.45, 7) is 7.81. The summed E-state index contributed by atoms with van der Waals surface area (Å²) in [5.41, 5.74) is 3.81. The molecule has 3 nitrogen and oxygen atoms in total. The van der Waals surface area contributed by atoms with Gasteiger partial charge in [0.25, 0.3) is 0 Å². The highest BCUT2D eigenvalue weighted by atomic mass is 35.5. The molecule has 0 aliphatic rings. The number of rotatable bonds is 6. The topological polar surface area (TPSA) is 47.3 Å². The van der Waals surface area contributed by atoms with Crippen molar-refractivity contribution in [1.29, 1.82) is 0 Å². The van der Waals surface area contributed by atoms with Crippen molar-refractivity contribution in [2.75, 3.05) is 0 Å². The molecule has 0 saturated carbocycles. The first-order chi connectivity index (χ1) is 8.02. The molecule has 0 bridgehead atoms. The standard InChI is InChI=1S/C13H19ClN2O/c1-9(2)7-13(16-15)10(3)17-12-6-4-5-11(14)8-12/h4-6,8,10,13,16H,1,7,15H2,2-3H3. The molecule has 2 unspecified atom stereocenters. The Morgan fingerprint density at radius 1 is 1.59 bits per heavy atom. The number of ether oxygens (including phenoxy) is 1. The largest absolute Gasteiger partial charge is 0.489 e. The Balaban J connectivity index is 2.63. The van der Waals surface area contributed by atoms with Crippen LogP contribution < -0.4 is 16.0 Å². The Kier molecular flexibility index (Phi) is 5.48. The number of halogens is 1. The zero-order chi connectivity index (χ0) is 12.8. The second kappa shape index (κ2) is 6.64. The maximum Gasteiger partial charge on any atom is 0.121 e. The molecule has 0 aliphatic heterocycles. The van der Waals surface area contributed by atoms with Crippen molar-refractivity contribution in [3.63, 3.8) is 0 Å². The third-order valence-corrected chi connectivity index (χ3v) is 2.70. The van der Waals surface area contributed by atoms with E-state index in [9.17, 15) is 0 Å². The van der Waals surface area contributed by atoms with Crippen molar-refractivity contribution in [2.24, 2.45) is 5.84 Å². The van der Waals surface area contributed by atoms with E-state index in [2.05, 4.69) is 12.0 Å². The highest BCUT2D eigenvalue weighted by Gasteiger charge is 2.17. The van der Waals surface area contributed by atoms with Crippen LogP contribution in [0.4, 0.5) is 0 Å². The van der Waals surface area contributed by atoms with Gasteiger partial charge in [0.1, 0.15) is 11.9 Å². The Morgan fingerprint density at radius 2 is 2.29 bits per heavy atom. The van der Waals surface area contributed by atoms with Crippen LogP contribution in [0.1, 0.15) is 20.3 Å². The maximum absolute atomic E-state index is 5.89. The first-order valence-corrected chi connectivity index (χ1v) is 5.93. The molecule has 0 aliphatic carbocycles. The van der Waals surface area contributed by atoms with Gasteiger partial charge in [0.2, 0.25) is 0 Å². The summed E-state index contributed by atoms with van der Waals surface area (Å²) in [6, 6.07) is 7.36. The van der Waals surface area contributed by atoms with Gasteiger partial charge < -0.3 is 4.74 Å². The third kappa shape index (κ3) is 4.77. The van der Waals surface area contributed by atoms with Gasteiger partial charge in [0.15, 0.2) is 0 Å². The lowest BCUT2D eigenvalue weighted by Gasteiger charge is -2.24. The normalized spacial score (nSPS) is 14.1. The summed E-state index contributed by atoms with van der Waals surface area (Å²) in [6.07, 6.45) is 0.716. The van der Waals surface area contributed by atoms with Crippen LogP contribution in [-0.2, 0) is 0 Å². The number of nitrogens with one attached hydrogen (secondary N) is 1. The average Bonchev–Trinajstić information content (AvgIpc) is 2.25. The second-order valence-corrected chi connectivity index (χ2v) is 4.65. The Bertz CT molecular complexity index is 381. The van der Waals surface area contributed by atoms with E-state index < -0.39 is 0 Å². The molecule has 17 heavy (non-hydrogen) atoms. The van der Waals surface area contributed by atoms with E-state index in [-0.39, 0.29) is 12.1 Å². The van der Waals surface area contributed by atoms with Crippen molar-refractivity contribution in [3.05, 3.63) is 41.4 Å². The van der Waals surface area contributed by atoms with Crippen LogP contribution in [0, 0.1) is 0 Å². The van der Waals surface area contributed by atoms with Gasteiger partial charge >= 0.3 is 0 Å². The minimum Gasteiger partial charge on any atom is -0.489 e. The van der Waals surface area contributed by atoms with Crippen molar-refractivity contribution < 1.29 is 4.74 Å². The third-order valence-electron chi connectivity index (χ3n) is 2.47. The lowest BCUT2D eigenvalue weighted by atomic mass is 10.1. The van der Waals surface area contributed by atoms with Gasteiger partial charge in [0, 0.05) is 5.02 Å². The van der Waals surface area contributed by atoms with E-state index in [1.165, 1.54) is 0 Å². The number of hydrazine groups is 1. The van der Waals surface area contributed by atoms with Crippen LogP contribution in [0.2, 0.25) is 5.02 Å². The molecule has 3 N–H and O–H groups in total. The molecule has 0 saturated heterocycles. The predicted octanol–water partition coefficient (Wildman–Crippen LogP) is 2.91. The van der Waals surface area contributed by atoms with Gasteiger partial charge in [-0.1, -0.05) is 23.2 Å². The molecule has 0 spiro atoms. The van der Waals surface area contributed by atoms with Crippen molar-refractivity contribution in [2.45, 2.75) is 32.4 Å². The molecule has 1 aromatic rings. The minimum atomic E-state index is -0.0600. The zero-order valence-electron chi connectivity index (χ0n) is 10.2. The first-order valence-electron chi connectivity index (χ1n) is 5.55. The molecule has 0 aromatic heterocycles. The lowest BCUT2D eigenvalue weighted by Crippen LogP contribution is -2.45. The van der Waals surface area contributed by atoms with Gasteiger partial charge in [-0.25, -0.2) is 0 Å². The van der Waals surface area contributed by atoms with Crippen LogP contribution in [-0.4, -0.2) is 12.1 Å². The molecule has 0 fully saturated rings. The van der Waals surface area contributed by atoms with Crippen LogP contribution in [0.25, 0.3) is 0 Å². The molecular weight excluding hydrogens is 236 g/mol. The number of nitrogens with two attached hydrogens (primary N) is 1. The number of hydrogen-bond donors (Lipinski definition) is 2. The summed E-state index contributed by atoms with van der Waals surface area (Å²) in [5, 5.41) is 0.659. The molecule has 4 heteroatoms. The van der Waals surface area contributed by atoms with Gasteiger partial charge in [-0.2, -0.15) is 0 Å². The Labute approximate surface area is 108 Å². The van der Waals surface area contributed by atoms with Gasteiger partial charge in [0.05, 0.1) is 6.04 Å². The van der Waals surface area contributed by atoms with Crippen LogP contribution >= 0.6 is 11.6 Å². The van der Waals surface area contributed by atoms with Crippen molar-refractivity contribution in [3.8, 4) is 5.75 Å². The minimum absolute atomic E-state index is 0.0338. The highest BCUT2D eigenvalue weighted by molar-refractivity contribution is 6.30. The fourth-order valence-electron chi connectivity index (χ4n) is 1.57. The molecule has 2 atom stereocenters. The molecule has 0 amide bonds. The van der Waals surface area contributed by atoms with Crippen LogP contribution in [0.3, 0.4) is 0 Å². The maximum atomic E-state index is 5.89. The molecular formula is C13H19ClN2O. The van der Waals surface area contributed by atoms with E-state index >= 15 is 0 Å². The molecule has 1 rings (SSSR count). The van der Waals surface area contributed by atoms with E-state index in [0.717, 1.165) is 17.7 Å². The summed E-state index contributed by atoms with van der Waals surface area (Å²) in [7, 11) is 0. The predicted molar refractivity (Wildman–Crippen MR) is 72.1 cm³/mol. The summed E-state index contributed by atoms with van der Waals surface area (Å²) in [4.78, 5) is 0. The van der Waals surface area contributed by atoms with Gasteiger partial charge in [-0.05, 0) is 38.5 Å². The number of benzene rings is 1. The van der Waals surface area contributed by atoms with Crippen LogP contribution in [0.5, 0.6) is 5.75 Å². The fraction of sp³-hybridized carbons (Fsp3) is 0.385. The molecule has 0 heterocycles. The molecule has 0 radical (unpaired) electrons. The quantitative estimate of drug-likeness (QED) is 0.466. The summed E-state index contributed by atoms with van der Waals surface area (Å²) in [5.74, 6) is 6.25. The highest BCUT2D eigenvalue weighted by Crippen LogP contribution is 2.20. The molecule has 94 valence electrons.